The molecule has 1 saturated heterocycles. The number of anilines is 1. The summed E-state index contributed by atoms with van der Waals surface area (Å²) >= 11 is 6.85. The van der Waals surface area contributed by atoms with Gasteiger partial charge in [0, 0.05) is 25.4 Å². The van der Waals surface area contributed by atoms with E-state index in [4.69, 9.17) is 21.9 Å². The molecule has 4 rings (SSSR count). The van der Waals surface area contributed by atoms with Crippen LogP contribution in [0.5, 0.6) is 0 Å². The van der Waals surface area contributed by atoms with Crippen molar-refractivity contribution in [1.29, 1.82) is 0 Å². The molecule has 34 heavy (non-hydrogen) atoms. The van der Waals surface area contributed by atoms with Crippen molar-refractivity contribution in [3.63, 3.8) is 0 Å². The predicted molar refractivity (Wildman–Crippen MR) is 142 cm³/mol. The number of thioether (sulfide) groups is 1. The molecule has 0 spiro atoms. The number of fused-ring (bicyclic) bond motifs is 1. The van der Waals surface area contributed by atoms with Gasteiger partial charge in [0.25, 0.3) is 11.5 Å². The summed E-state index contributed by atoms with van der Waals surface area (Å²) in [4.78, 5) is 33.7. The highest BCUT2D eigenvalue weighted by molar-refractivity contribution is 8.26. The highest BCUT2D eigenvalue weighted by Crippen LogP contribution is 2.37. The van der Waals surface area contributed by atoms with Crippen LogP contribution < -0.4 is 10.9 Å². The lowest BCUT2D eigenvalue weighted by atomic mass is 9.94. The van der Waals surface area contributed by atoms with Crippen LogP contribution >= 0.6 is 24.0 Å². The molecule has 1 aliphatic heterocycles. The van der Waals surface area contributed by atoms with Gasteiger partial charge in [-0.2, -0.15) is 0 Å². The Kier molecular flexibility index (Phi) is 8.06. The number of nitrogens with one attached hydrogen (secondary N) is 1. The quantitative estimate of drug-likeness (QED) is 0.318. The number of pyridine rings is 1. The molecule has 2 aliphatic rings. The average molecular weight is 501 g/mol. The van der Waals surface area contributed by atoms with E-state index < -0.39 is 0 Å². The lowest BCUT2D eigenvalue weighted by Crippen LogP contribution is -2.39. The van der Waals surface area contributed by atoms with Gasteiger partial charge < -0.3 is 10.1 Å². The first-order valence-corrected chi connectivity index (χ1v) is 13.2. The monoisotopic (exact) mass is 500 g/mol. The van der Waals surface area contributed by atoms with Gasteiger partial charge in [-0.3, -0.25) is 18.9 Å². The van der Waals surface area contributed by atoms with Gasteiger partial charge in [0.15, 0.2) is 0 Å². The van der Waals surface area contributed by atoms with Gasteiger partial charge in [-0.25, -0.2) is 4.98 Å². The fraction of sp³-hybridized carbons (Fsp3) is 0.520. The molecule has 1 N–H and O–H groups in total. The minimum atomic E-state index is -0.211. The number of aromatic nitrogens is 2. The summed E-state index contributed by atoms with van der Waals surface area (Å²) in [6.07, 6.45) is 9.78. The second kappa shape index (κ2) is 11.0. The second-order valence-electron chi connectivity index (χ2n) is 9.16. The molecular weight excluding hydrogens is 468 g/mol. The number of thiocarbonyl (C=S) groups is 1. The maximum absolute atomic E-state index is 13.5. The number of aryl methyl sites for hydroxylation is 1. The molecule has 9 heteroatoms. The normalized spacial score (nSPS) is 18.6. The molecule has 0 radical (unpaired) electrons. The number of nitrogens with zero attached hydrogens (tertiary/aromatic N) is 3. The van der Waals surface area contributed by atoms with Gasteiger partial charge in [-0.1, -0.05) is 49.3 Å². The van der Waals surface area contributed by atoms with Gasteiger partial charge in [0.1, 0.15) is 15.8 Å². The van der Waals surface area contributed by atoms with Crippen LogP contribution in [0.2, 0.25) is 0 Å². The lowest BCUT2D eigenvalue weighted by Gasteiger charge is -2.29. The number of carbonyl (C=O) groups is 1. The van der Waals surface area contributed by atoms with Crippen molar-refractivity contribution in [2.75, 3.05) is 18.5 Å². The first-order valence-electron chi connectivity index (χ1n) is 12.0. The summed E-state index contributed by atoms with van der Waals surface area (Å²) in [7, 11) is 0. The molecule has 1 amide bonds. The lowest BCUT2D eigenvalue weighted by molar-refractivity contribution is -0.124. The van der Waals surface area contributed by atoms with Gasteiger partial charge in [0.2, 0.25) is 0 Å². The third-order valence-corrected chi connectivity index (χ3v) is 7.44. The van der Waals surface area contributed by atoms with E-state index in [9.17, 15) is 9.59 Å². The molecule has 0 bridgehead atoms. The van der Waals surface area contributed by atoms with Gasteiger partial charge in [0.05, 0.1) is 16.6 Å². The number of hydrogen-bond acceptors (Lipinski definition) is 7. The Morgan fingerprint density at radius 1 is 1.26 bits per heavy atom. The third-order valence-electron chi connectivity index (χ3n) is 6.11. The summed E-state index contributed by atoms with van der Waals surface area (Å²) < 4.78 is 7.73. The van der Waals surface area contributed by atoms with Crippen molar-refractivity contribution in [2.24, 2.45) is 0 Å². The van der Waals surface area contributed by atoms with Crippen molar-refractivity contribution in [3.05, 3.63) is 44.7 Å². The fourth-order valence-corrected chi connectivity index (χ4v) is 5.77. The number of ether oxygens (including phenoxy) is 1. The first kappa shape index (κ1) is 24.9. The van der Waals surface area contributed by atoms with E-state index in [1.54, 1.807) is 17.2 Å². The van der Waals surface area contributed by atoms with E-state index in [0.29, 0.717) is 39.4 Å². The Bertz CT molecular complexity index is 1170. The summed E-state index contributed by atoms with van der Waals surface area (Å²) in [5, 5.41) is 3.29. The number of amides is 1. The van der Waals surface area contributed by atoms with Crippen LogP contribution in [0.15, 0.2) is 28.0 Å². The summed E-state index contributed by atoms with van der Waals surface area (Å²) in [5.41, 5.74) is 1.68. The standard InChI is InChI=1S/C25H32N4O3S2/c1-16(2)32-13-7-12-26-22-19(23(30)28-15-17(3)10-11-21(28)27-22)14-20-24(31)29(25(33)34-20)18-8-5-4-6-9-18/h10-11,14-16,18,26H,4-9,12-13H2,1-3H3/b20-14-. The molecule has 0 aromatic carbocycles. The SMILES string of the molecule is Cc1ccc2nc(NCCCOC(C)C)c(/C=C3\SC(=S)N(C4CCCCC4)C3=O)c(=O)n2c1. The van der Waals surface area contributed by atoms with E-state index >= 15 is 0 Å². The zero-order valence-corrected chi connectivity index (χ0v) is 21.6. The Labute approximate surface area is 210 Å². The zero-order valence-electron chi connectivity index (χ0n) is 20.0. The van der Waals surface area contributed by atoms with Crippen LogP contribution in [0, 0.1) is 6.92 Å². The smallest absolute Gasteiger partial charge is 0.267 e. The van der Waals surface area contributed by atoms with E-state index in [0.717, 1.165) is 37.7 Å². The Balaban J connectivity index is 1.66. The molecule has 0 unspecified atom stereocenters. The minimum absolute atomic E-state index is 0.105. The van der Waals surface area contributed by atoms with Crippen LogP contribution in [-0.4, -0.2) is 49.8 Å². The highest BCUT2D eigenvalue weighted by Gasteiger charge is 2.37. The minimum Gasteiger partial charge on any atom is -0.379 e. The van der Waals surface area contributed by atoms with Crippen molar-refractivity contribution in [3.8, 4) is 0 Å². The predicted octanol–water partition coefficient (Wildman–Crippen LogP) is 4.76. The van der Waals surface area contributed by atoms with Gasteiger partial charge in [-0.05, 0) is 57.7 Å². The van der Waals surface area contributed by atoms with Crippen molar-refractivity contribution >= 4 is 51.7 Å². The van der Waals surface area contributed by atoms with Gasteiger partial charge in [-0.15, -0.1) is 0 Å². The molecule has 1 saturated carbocycles. The molecule has 2 fully saturated rings. The van der Waals surface area contributed by atoms with Crippen LogP contribution in [0.1, 0.15) is 63.5 Å². The number of carbonyl (C=O) groups excluding carboxylic acids is 1. The van der Waals surface area contributed by atoms with Crippen LogP contribution in [0.3, 0.4) is 0 Å². The van der Waals surface area contributed by atoms with E-state index in [-0.39, 0.29) is 23.6 Å². The molecule has 3 heterocycles. The average Bonchev–Trinajstić information content (AvgIpc) is 3.09. The molecular formula is C25H32N4O3S2. The molecule has 7 nitrogen and oxygen atoms in total. The largest absolute Gasteiger partial charge is 0.379 e. The maximum atomic E-state index is 13.5. The summed E-state index contributed by atoms with van der Waals surface area (Å²) in [6, 6.07) is 3.91. The topological polar surface area (TPSA) is 75.9 Å². The number of hydrogen-bond donors (Lipinski definition) is 1. The molecule has 182 valence electrons. The Morgan fingerprint density at radius 3 is 2.76 bits per heavy atom. The summed E-state index contributed by atoms with van der Waals surface area (Å²) in [6.45, 7) is 7.16. The van der Waals surface area contributed by atoms with Crippen LogP contribution in [-0.2, 0) is 9.53 Å². The number of rotatable bonds is 8. The molecule has 2 aromatic rings. The molecule has 2 aromatic heterocycles. The van der Waals surface area contributed by atoms with Crippen molar-refractivity contribution in [1.82, 2.24) is 14.3 Å². The van der Waals surface area contributed by atoms with Crippen molar-refractivity contribution < 1.29 is 9.53 Å². The van der Waals surface area contributed by atoms with Crippen molar-refractivity contribution in [2.45, 2.75) is 71.4 Å². The van der Waals surface area contributed by atoms with Gasteiger partial charge >= 0.3 is 0 Å². The fourth-order valence-electron chi connectivity index (χ4n) is 4.39. The second-order valence-corrected chi connectivity index (χ2v) is 10.8. The van der Waals surface area contributed by atoms with Crippen LogP contribution in [0.25, 0.3) is 11.7 Å². The Morgan fingerprint density at radius 2 is 2.03 bits per heavy atom. The first-order chi connectivity index (χ1) is 16.3. The zero-order chi connectivity index (χ0) is 24.2. The van der Waals surface area contributed by atoms with E-state index in [1.165, 1.54) is 22.6 Å². The van der Waals surface area contributed by atoms with E-state index in [1.807, 2.05) is 32.9 Å². The maximum Gasteiger partial charge on any atom is 0.267 e. The van der Waals surface area contributed by atoms with E-state index in [2.05, 4.69) is 5.32 Å². The summed E-state index contributed by atoms with van der Waals surface area (Å²) in [5.74, 6) is 0.369. The highest BCUT2D eigenvalue weighted by atomic mass is 32.2. The Hall–Kier alpha value is -2.23. The van der Waals surface area contributed by atoms with Crippen LogP contribution in [0.4, 0.5) is 5.82 Å². The third kappa shape index (κ3) is 5.53. The molecule has 1 aliphatic carbocycles. The molecule has 0 atom stereocenters.